The second-order valence-corrected chi connectivity index (χ2v) is 12.4. The number of fused-ring (bicyclic) bond motifs is 5. The van der Waals surface area contributed by atoms with Crippen molar-refractivity contribution in [3.05, 3.63) is 102 Å². The van der Waals surface area contributed by atoms with Crippen LogP contribution in [0, 0.1) is 0 Å². The van der Waals surface area contributed by atoms with E-state index in [1.807, 2.05) is 12.3 Å². The van der Waals surface area contributed by atoms with Gasteiger partial charge in [-0.25, -0.2) is 4.98 Å². The monoisotopic (exact) mass is 514 g/mol. The summed E-state index contributed by atoms with van der Waals surface area (Å²) >= 11 is 0. The molecule has 39 heavy (non-hydrogen) atoms. The highest BCUT2D eigenvalue weighted by atomic mass is 16.5. The summed E-state index contributed by atoms with van der Waals surface area (Å²) in [4.78, 5) is 9.30. The third kappa shape index (κ3) is 3.63. The van der Waals surface area contributed by atoms with Crippen molar-refractivity contribution in [3.8, 4) is 17.3 Å². The highest BCUT2D eigenvalue weighted by Gasteiger charge is 2.35. The van der Waals surface area contributed by atoms with E-state index in [0.717, 1.165) is 35.2 Å². The molecule has 0 bridgehead atoms. The van der Waals surface area contributed by atoms with Crippen LogP contribution >= 0.6 is 0 Å². The number of hydrogen-bond acceptors (Lipinski definition) is 4. The lowest BCUT2D eigenvalue weighted by Crippen LogP contribution is -2.26. The molecule has 0 aliphatic carbocycles. The van der Waals surface area contributed by atoms with Gasteiger partial charge in [-0.3, -0.25) is 4.57 Å². The van der Waals surface area contributed by atoms with Crippen LogP contribution in [0.2, 0.25) is 0 Å². The van der Waals surface area contributed by atoms with Crippen LogP contribution in [0.15, 0.2) is 85.3 Å². The van der Waals surface area contributed by atoms with Crippen molar-refractivity contribution in [2.75, 3.05) is 18.6 Å². The molecule has 0 spiro atoms. The first-order valence-corrected chi connectivity index (χ1v) is 13.6. The zero-order valence-corrected chi connectivity index (χ0v) is 23.5. The summed E-state index contributed by atoms with van der Waals surface area (Å²) in [5.74, 6) is 2.66. The molecule has 5 nitrogen and oxygen atoms in total. The normalized spacial score (nSPS) is 15.8. The van der Waals surface area contributed by atoms with Gasteiger partial charge in [0.15, 0.2) is 0 Å². The highest BCUT2D eigenvalue weighted by Crippen LogP contribution is 2.47. The minimum absolute atomic E-state index is 0.00454. The van der Waals surface area contributed by atoms with Gasteiger partial charge in [0.1, 0.15) is 17.3 Å². The van der Waals surface area contributed by atoms with Crippen molar-refractivity contribution < 1.29 is 4.74 Å². The van der Waals surface area contributed by atoms with E-state index in [1.165, 1.54) is 33.0 Å². The number of benzene rings is 3. The second-order valence-electron chi connectivity index (χ2n) is 12.4. The average Bonchev–Trinajstić information content (AvgIpc) is 3.48. The molecule has 2 aromatic heterocycles. The van der Waals surface area contributed by atoms with Crippen molar-refractivity contribution in [1.82, 2.24) is 14.5 Å². The number of aromatic nitrogens is 2. The van der Waals surface area contributed by atoms with Gasteiger partial charge in [-0.05, 0) is 46.9 Å². The van der Waals surface area contributed by atoms with Crippen LogP contribution in [-0.2, 0) is 10.8 Å². The summed E-state index contributed by atoms with van der Waals surface area (Å²) < 4.78 is 8.95. The van der Waals surface area contributed by atoms with E-state index in [-0.39, 0.29) is 10.8 Å². The molecule has 0 radical (unpaired) electrons. The van der Waals surface area contributed by atoms with Gasteiger partial charge >= 0.3 is 0 Å². The molecule has 0 atom stereocenters. The molecule has 0 saturated heterocycles. The number of pyridine rings is 1. The molecule has 196 valence electrons. The van der Waals surface area contributed by atoms with E-state index >= 15 is 0 Å². The summed E-state index contributed by atoms with van der Waals surface area (Å²) in [6.07, 6.45) is 6.12. The van der Waals surface area contributed by atoms with Gasteiger partial charge in [-0.1, -0.05) is 58.9 Å². The van der Waals surface area contributed by atoms with E-state index in [4.69, 9.17) is 9.72 Å². The van der Waals surface area contributed by atoms with Gasteiger partial charge in [-0.2, -0.15) is 0 Å². The Labute approximate surface area is 229 Å². The quantitative estimate of drug-likeness (QED) is 0.244. The summed E-state index contributed by atoms with van der Waals surface area (Å²) in [5.41, 5.74) is 7.15. The molecule has 0 N–H and O–H groups in total. The Bertz CT molecular complexity index is 1800. The smallest absolute Gasteiger partial charge is 0.141 e. The number of ether oxygens (including phenoxy) is 1. The number of anilines is 1. The van der Waals surface area contributed by atoms with Crippen LogP contribution in [0.4, 0.5) is 5.69 Å². The van der Waals surface area contributed by atoms with Gasteiger partial charge in [0.25, 0.3) is 0 Å². The molecule has 2 aliphatic heterocycles. The molecule has 7 rings (SSSR count). The lowest BCUT2D eigenvalue weighted by atomic mass is 9.76. The molecular formula is C34H34N4O. The molecule has 0 unspecified atom stereocenters. The molecular weight excluding hydrogens is 480 g/mol. The summed E-state index contributed by atoms with van der Waals surface area (Å²) in [7, 11) is 2.09. The van der Waals surface area contributed by atoms with Crippen LogP contribution in [-0.4, -0.2) is 28.2 Å². The number of para-hydroxylation sites is 1. The first-order valence-electron chi connectivity index (χ1n) is 13.6. The third-order valence-corrected chi connectivity index (χ3v) is 8.31. The molecule has 3 aromatic carbocycles. The minimum Gasteiger partial charge on any atom is -0.457 e. The van der Waals surface area contributed by atoms with Crippen LogP contribution in [0.25, 0.3) is 27.6 Å². The number of hydrogen-bond donors (Lipinski definition) is 0. The van der Waals surface area contributed by atoms with Crippen LogP contribution in [0.1, 0.15) is 51.3 Å². The molecule has 4 heterocycles. The Morgan fingerprint density at radius 1 is 0.846 bits per heavy atom. The summed E-state index contributed by atoms with van der Waals surface area (Å²) in [6.45, 7) is 12.2. The summed E-state index contributed by atoms with van der Waals surface area (Å²) in [5, 5.41) is 2.46. The maximum atomic E-state index is 6.62. The molecule has 0 saturated carbocycles. The number of nitrogens with zero attached hydrogens (tertiary/aromatic N) is 4. The largest absolute Gasteiger partial charge is 0.457 e. The Morgan fingerprint density at radius 3 is 2.44 bits per heavy atom. The van der Waals surface area contributed by atoms with E-state index < -0.39 is 0 Å². The van der Waals surface area contributed by atoms with Crippen molar-refractivity contribution in [3.63, 3.8) is 0 Å². The van der Waals surface area contributed by atoms with Gasteiger partial charge in [-0.15, -0.1) is 0 Å². The Morgan fingerprint density at radius 2 is 1.67 bits per heavy atom. The van der Waals surface area contributed by atoms with E-state index in [1.54, 1.807) is 0 Å². The zero-order chi connectivity index (χ0) is 27.1. The predicted molar refractivity (Wildman–Crippen MR) is 160 cm³/mol. The molecule has 5 heteroatoms. The fourth-order valence-corrected chi connectivity index (χ4v) is 6.12. The summed E-state index contributed by atoms with van der Waals surface area (Å²) in [6, 6.07) is 24.0. The third-order valence-electron chi connectivity index (χ3n) is 8.31. The predicted octanol–water partition coefficient (Wildman–Crippen LogP) is 8.09. The van der Waals surface area contributed by atoms with E-state index in [0.29, 0.717) is 0 Å². The first kappa shape index (κ1) is 23.8. The highest BCUT2D eigenvalue weighted by molar-refractivity contribution is 6.11. The first-order chi connectivity index (χ1) is 18.6. The van der Waals surface area contributed by atoms with E-state index in [2.05, 4.69) is 129 Å². The van der Waals surface area contributed by atoms with Crippen LogP contribution in [0.5, 0.6) is 11.5 Å². The fourth-order valence-electron chi connectivity index (χ4n) is 6.12. The molecule has 0 amide bonds. The molecule has 2 aliphatic rings. The SMILES string of the molecule is CN1C=CN(c2cc(Oc3ccc4c5cccc6c5n(c4c3)-c3ncccc3C6(C)C)cc(C(C)(C)C)c2)C1. The van der Waals surface area contributed by atoms with Crippen molar-refractivity contribution in [2.45, 2.75) is 45.4 Å². The minimum atomic E-state index is -0.130. The van der Waals surface area contributed by atoms with Crippen molar-refractivity contribution in [1.29, 1.82) is 0 Å². The van der Waals surface area contributed by atoms with Gasteiger partial charge in [0.05, 0.1) is 17.7 Å². The Balaban J connectivity index is 1.39. The zero-order valence-electron chi connectivity index (χ0n) is 23.5. The van der Waals surface area contributed by atoms with Crippen molar-refractivity contribution in [2.24, 2.45) is 0 Å². The maximum absolute atomic E-state index is 6.62. The maximum Gasteiger partial charge on any atom is 0.141 e. The Hall–Kier alpha value is -4.25. The lowest BCUT2D eigenvalue weighted by Gasteiger charge is -2.33. The Kier molecular flexibility index (Phi) is 4.97. The average molecular weight is 515 g/mol. The van der Waals surface area contributed by atoms with Crippen LogP contribution in [0.3, 0.4) is 0 Å². The molecule has 5 aromatic rings. The number of rotatable bonds is 3. The van der Waals surface area contributed by atoms with Gasteiger partial charge < -0.3 is 14.5 Å². The standard InChI is InChI=1S/C34H34N4O/c1-33(2,3)22-17-23(37-16-15-36(6)21-37)19-25(18-22)39-24-12-13-26-27-9-7-10-28-31(27)38(30(26)20-24)32-29(34(28,4)5)11-8-14-35-32/h7-20H,21H2,1-6H3. The van der Waals surface area contributed by atoms with Gasteiger partial charge in [0, 0.05) is 65.2 Å². The molecule has 0 fully saturated rings. The fraction of sp³-hybridized carbons (Fsp3) is 0.265. The van der Waals surface area contributed by atoms with Gasteiger partial charge in [0.2, 0.25) is 0 Å². The van der Waals surface area contributed by atoms with Crippen LogP contribution < -0.4 is 9.64 Å². The van der Waals surface area contributed by atoms with Crippen molar-refractivity contribution >= 4 is 27.5 Å². The second kappa shape index (κ2) is 8.12. The lowest BCUT2D eigenvalue weighted by molar-refractivity contribution is 0.477. The van der Waals surface area contributed by atoms with E-state index in [9.17, 15) is 0 Å². The topological polar surface area (TPSA) is 33.5 Å².